The molecule has 2 nitrogen and oxygen atoms in total. The van der Waals surface area contributed by atoms with Crippen molar-refractivity contribution in [2.45, 2.75) is 19.9 Å². The molecule has 19 heavy (non-hydrogen) atoms. The van der Waals surface area contributed by atoms with E-state index in [0.717, 1.165) is 23.2 Å². The predicted octanol–water partition coefficient (Wildman–Crippen LogP) is 4.40. The van der Waals surface area contributed by atoms with E-state index in [1.54, 1.807) is 0 Å². The molecule has 100 valence electrons. The van der Waals surface area contributed by atoms with Gasteiger partial charge in [0.25, 0.3) is 0 Å². The van der Waals surface area contributed by atoms with Crippen molar-refractivity contribution < 1.29 is 0 Å². The summed E-state index contributed by atoms with van der Waals surface area (Å²) in [7, 11) is 0. The summed E-state index contributed by atoms with van der Waals surface area (Å²) in [6, 6.07) is 7.92. The van der Waals surface area contributed by atoms with E-state index in [0.29, 0.717) is 10.0 Å². The Balaban J connectivity index is 2.42. The number of aromatic nitrogens is 1. The van der Waals surface area contributed by atoms with E-state index in [9.17, 15) is 0 Å². The maximum absolute atomic E-state index is 6.10. The van der Waals surface area contributed by atoms with Crippen molar-refractivity contribution in [2.75, 3.05) is 6.54 Å². The lowest BCUT2D eigenvalue weighted by atomic mass is 9.99. The molecule has 0 radical (unpaired) electrons. The van der Waals surface area contributed by atoms with Crippen molar-refractivity contribution in [1.29, 1.82) is 0 Å². The van der Waals surface area contributed by atoms with Gasteiger partial charge in [-0.05, 0) is 42.3 Å². The first-order valence-corrected chi connectivity index (χ1v) is 6.97. The molecule has 1 atom stereocenters. The van der Waals surface area contributed by atoms with Crippen LogP contribution in [-0.2, 0) is 0 Å². The Morgan fingerprint density at radius 2 is 1.89 bits per heavy atom. The van der Waals surface area contributed by atoms with Crippen LogP contribution in [-0.4, -0.2) is 11.5 Å². The molecule has 0 aliphatic carbocycles. The highest BCUT2D eigenvalue weighted by Crippen LogP contribution is 2.28. The number of benzene rings is 1. The summed E-state index contributed by atoms with van der Waals surface area (Å²) in [6.07, 6.45) is 3.73. The number of nitrogens with one attached hydrogen (secondary N) is 1. The molecule has 0 aliphatic rings. The molecule has 2 rings (SSSR count). The fraction of sp³-hybridized carbons (Fsp3) is 0.267. The maximum atomic E-state index is 6.10. The number of pyridine rings is 1. The Morgan fingerprint density at radius 3 is 2.53 bits per heavy atom. The largest absolute Gasteiger partial charge is 0.306 e. The highest BCUT2D eigenvalue weighted by Gasteiger charge is 2.14. The minimum atomic E-state index is 0.0761. The maximum Gasteiger partial charge on any atom is 0.0595 e. The third-order valence-electron chi connectivity index (χ3n) is 2.91. The Morgan fingerprint density at radius 1 is 1.11 bits per heavy atom. The van der Waals surface area contributed by atoms with Gasteiger partial charge in [0, 0.05) is 12.4 Å². The Hall–Kier alpha value is -1.09. The highest BCUT2D eigenvalue weighted by molar-refractivity contribution is 6.42. The predicted molar refractivity (Wildman–Crippen MR) is 81.0 cm³/mol. The number of aryl methyl sites for hydroxylation is 1. The Bertz CT molecular complexity index is 570. The standard InChI is InChI=1S/C15H16Cl2N2/c1-3-19-15(12-6-10(2)8-18-9-12)11-4-5-13(16)14(17)7-11/h4-9,15,19H,3H2,1-2H3. The second kappa shape index (κ2) is 6.38. The molecule has 0 fully saturated rings. The molecule has 2 aromatic rings. The van der Waals surface area contributed by atoms with E-state index < -0.39 is 0 Å². The first kappa shape index (κ1) is 14.3. The van der Waals surface area contributed by atoms with E-state index in [1.165, 1.54) is 0 Å². The summed E-state index contributed by atoms with van der Waals surface area (Å²) < 4.78 is 0. The van der Waals surface area contributed by atoms with Gasteiger partial charge in [-0.2, -0.15) is 0 Å². The van der Waals surface area contributed by atoms with Crippen LogP contribution in [0.3, 0.4) is 0 Å². The summed E-state index contributed by atoms with van der Waals surface area (Å²) in [5.41, 5.74) is 3.35. The van der Waals surface area contributed by atoms with Crippen LogP contribution in [0.2, 0.25) is 10.0 Å². The van der Waals surface area contributed by atoms with Gasteiger partial charge in [-0.1, -0.05) is 42.3 Å². The second-order valence-corrected chi connectivity index (χ2v) is 5.27. The van der Waals surface area contributed by atoms with E-state index in [4.69, 9.17) is 23.2 Å². The number of halogens is 2. The Kier molecular flexibility index (Phi) is 4.81. The zero-order valence-corrected chi connectivity index (χ0v) is 12.5. The van der Waals surface area contributed by atoms with Gasteiger partial charge < -0.3 is 5.32 Å². The van der Waals surface area contributed by atoms with E-state index in [2.05, 4.69) is 23.3 Å². The van der Waals surface area contributed by atoms with Crippen LogP contribution >= 0.6 is 23.2 Å². The van der Waals surface area contributed by atoms with Gasteiger partial charge >= 0.3 is 0 Å². The molecule has 0 aliphatic heterocycles. The fourth-order valence-electron chi connectivity index (χ4n) is 2.06. The summed E-state index contributed by atoms with van der Waals surface area (Å²) in [5.74, 6) is 0. The monoisotopic (exact) mass is 294 g/mol. The highest BCUT2D eigenvalue weighted by atomic mass is 35.5. The molecule has 1 aromatic heterocycles. The average Bonchev–Trinajstić information content (AvgIpc) is 2.39. The molecular formula is C15H16Cl2N2. The van der Waals surface area contributed by atoms with Crippen molar-refractivity contribution >= 4 is 23.2 Å². The zero-order valence-electron chi connectivity index (χ0n) is 11.0. The molecule has 0 spiro atoms. The van der Waals surface area contributed by atoms with Crippen molar-refractivity contribution in [3.63, 3.8) is 0 Å². The van der Waals surface area contributed by atoms with E-state index in [1.807, 2.05) is 37.5 Å². The molecule has 0 saturated heterocycles. The first-order valence-electron chi connectivity index (χ1n) is 6.21. The SMILES string of the molecule is CCNC(c1cncc(C)c1)c1ccc(Cl)c(Cl)c1. The third-order valence-corrected chi connectivity index (χ3v) is 3.65. The molecule has 4 heteroatoms. The average molecular weight is 295 g/mol. The number of rotatable bonds is 4. The minimum absolute atomic E-state index is 0.0761. The van der Waals surface area contributed by atoms with E-state index >= 15 is 0 Å². The summed E-state index contributed by atoms with van der Waals surface area (Å²) in [5, 5.41) is 4.59. The molecule has 1 unspecified atom stereocenters. The van der Waals surface area contributed by atoms with Gasteiger partial charge in [0.05, 0.1) is 16.1 Å². The normalized spacial score (nSPS) is 12.4. The quantitative estimate of drug-likeness (QED) is 0.904. The van der Waals surface area contributed by atoms with Gasteiger partial charge in [-0.25, -0.2) is 0 Å². The summed E-state index contributed by atoms with van der Waals surface area (Å²) in [4.78, 5) is 4.25. The van der Waals surface area contributed by atoms with Crippen LogP contribution in [0.4, 0.5) is 0 Å². The zero-order chi connectivity index (χ0) is 13.8. The lowest BCUT2D eigenvalue weighted by Gasteiger charge is -2.19. The number of nitrogens with zero attached hydrogens (tertiary/aromatic N) is 1. The van der Waals surface area contributed by atoms with Crippen LogP contribution in [0.1, 0.15) is 29.7 Å². The molecule has 0 saturated carbocycles. The van der Waals surface area contributed by atoms with Gasteiger partial charge in [0.15, 0.2) is 0 Å². The van der Waals surface area contributed by atoms with Crippen LogP contribution in [0, 0.1) is 6.92 Å². The molecule has 1 heterocycles. The minimum Gasteiger partial charge on any atom is -0.306 e. The topological polar surface area (TPSA) is 24.9 Å². The second-order valence-electron chi connectivity index (χ2n) is 4.46. The van der Waals surface area contributed by atoms with Crippen LogP contribution in [0.15, 0.2) is 36.7 Å². The molecule has 1 N–H and O–H groups in total. The first-order chi connectivity index (χ1) is 9.11. The fourth-order valence-corrected chi connectivity index (χ4v) is 2.37. The van der Waals surface area contributed by atoms with E-state index in [-0.39, 0.29) is 6.04 Å². The van der Waals surface area contributed by atoms with Gasteiger partial charge in [-0.3, -0.25) is 4.98 Å². The van der Waals surface area contributed by atoms with Crippen molar-refractivity contribution in [2.24, 2.45) is 0 Å². The van der Waals surface area contributed by atoms with Gasteiger partial charge in [-0.15, -0.1) is 0 Å². The van der Waals surface area contributed by atoms with Gasteiger partial charge in [0.1, 0.15) is 0 Å². The molecular weight excluding hydrogens is 279 g/mol. The van der Waals surface area contributed by atoms with Crippen molar-refractivity contribution in [1.82, 2.24) is 10.3 Å². The van der Waals surface area contributed by atoms with Crippen LogP contribution in [0.5, 0.6) is 0 Å². The number of hydrogen-bond acceptors (Lipinski definition) is 2. The molecule has 1 aromatic carbocycles. The summed E-state index contributed by atoms with van der Waals surface area (Å²) >= 11 is 12.1. The lowest BCUT2D eigenvalue weighted by Crippen LogP contribution is -2.22. The third kappa shape index (κ3) is 3.47. The van der Waals surface area contributed by atoms with Crippen LogP contribution in [0.25, 0.3) is 0 Å². The summed E-state index contributed by atoms with van der Waals surface area (Å²) in [6.45, 7) is 4.97. The number of hydrogen-bond donors (Lipinski definition) is 1. The Labute approximate surface area is 123 Å². The molecule has 0 amide bonds. The molecule has 0 bridgehead atoms. The smallest absolute Gasteiger partial charge is 0.0595 e. The van der Waals surface area contributed by atoms with Gasteiger partial charge in [0.2, 0.25) is 0 Å². The van der Waals surface area contributed by atoms with Crippen molar-refractivity contribution in [3.8, 4) is 0 Å². The lowest BCUT2D eigenvalue weighted by molar-refractivity contribution is 0.628. The van der Waals surface area contributed by atoms with Crippen molar-refractivity contribution in [3.05, 3.63) is 63.4 Å². The van der Waals surface area contributed by atoms with Crippen LogP contribution < -0.4 is 5.32 Å².